The molecule has 6 nitrogen and oxygen atoms in total. The average Bonchev–Trinajstić information content (AvgIpc) is 1.86. The van der Waals surface area contributed by atoms with Crippen LogP contribution in [-0.2, 0) is 10.0 Å². The Balaban J connectivity index is -0.000000403. The summed E-state index contributed by atoms with van der Waals surface area (Å²) < 4.78 is 21.4. The second-order valence-corrected chi connectivity index (χ2v) is 3.92. The number of hydrogen-bond acceptors (Lipinski definition) is 2. The van der Waals surface area contributed by atoms with Crippen molar-refractivity contribution in [1.82, 2.24) is 0 Å². The molecule has 0 bridgehead atoms. The van der Waals surface area contributed by atoms with Crippen molar-refractivity contribution in [2.45, 2.75) is 11.8 Å². The van der Waals surface area contributed by atoms with Crippen molar-refractivity contribution in [3.63, 3.8) is 0 Å². The van der Waals surface area contributed by atoms with Crippen LogP contribution in [0.4, 0.5) is 0 Å². The van der Waals surface area contributed by atoms with Crippen LogP contribution in [0, 0.1) is 6.92 Å². The Labute approximate surface area is 82.3 Å². The van der Waals surface area contributed by atoms with Crippen molar-refractivity contribution in [3.05, 3.63) is 29.8 Å². The topological polar surface area (TPSA) is 155 Å². The number of benzene rings is 1. The summed E-state index contributed by atoms with van der Waals surface area (Å²) in [5, 5.41) is 4.88. The Morgan fingerprint density at radius 3 is 1.64 bits per heavy atom. The number of aryl methyl sites for hydroxylation is 1. The number of hydrogen-bond donors (Lipinski definition) is 1. The highest BCUT2D eigenvalue weighted by molar-refractivity contribution is 7.89. The van der Waals surface area contributed by atoms with Gasteiger partial charge in [0, 0.05) is 0 Å². The van der Waals surface area contributed by atoms with Gasteiger partial charge in [-0.25, -0.2) is 13.6 Å². The van der Waals surface area contributed by atoms with Crippen LogP contribution in [0.3, 0.4) is 0 Å². The Morgan fingerprint density at radius 1 is 1.00 bits per heavy atom. The molecule has 1 aromatic rings. The highest BCUT2D eigenvalue weighted by atomic mass is 32.2. The molecule has 1 aromatic carbocycles. The normalized spacial score (nSPS) is 9.00. The molecule has 0 heterocycles. The van der Waals surface area contributed by atoms with Gasteiger partial charge in [-0.1, -0.05) is 17.7 Å². The van der Waals surface area contributed by atoms with Crippen LogP contribution in [0.2, 0.25) is 0 Å². The predicted octanol–water partition coefficient (Wildman–Crippen LogP) is -1.83. The van der Waals surface area contributed by atoms with E-state index >= 15 is 0 Å². The Bertz CT molecular complexity index is 345. The number of primary sulfonamides is 1. The molecule has 0 aliphatic carbocycles. The molecule has 0 atom stereocenters. The third kappa shape index (κ3) is 4.90. The van der Waals surface area contributed by atoms with Gasteiger partial charge in [0.15, 0.2) is 0 Å². The molecule has 14 heavy (non-hydrogen) atoms. The number of rotatable bonds is 1. The minimum atomic E-state index is -3.52. The van der Waals surface area contributed by atoms with Gasteiger partial charge in [0.2, 0.25) is 10.0 Å². The maximum Gasteiger partial charge on any atom is 0.238 e. The van der Waals surface area contributed by atoms with Crippen LogP contribution in [0.1, 0.15) is 5.56 Å². The summed E-state index contributed by atoms with van der Waals surface area (Å²) in [6, 6.07) is 6.40. The minimum Gasteiger partial charge on any atom is -0.412 e. The van der Waals surface area contributed by atoms with E-state index in [4.69, 9.17) is 5.14 Å². The largest absolute Gasteiger partial charge is 0.412 e. The fourth-order valence-electron chi connectivity index (χ4n) is 0.728. The number of sulfonamides is 1. The maximum absolute atomic E-state index is 10.7. The lowest BCUT2D eigenvalue weighted by atomic mass is 10.2. The molecule has 8 N–H and O–H groups in total. The van der Waals surface area contributed by atoms with Gasteiger partial charge in [-0.05, 0) is 19.1 Å². The van der Waals surface area contributed by atoms with Crippen molar-refractivity contribution < 1.29 is 24.8 Å². The summed E-state index contributed by atoms with van der Waals surface area (Å²) >= 11 is 0. The molecular formula is C7H15NO5S. The van der Waals surface area contributed by atoms with Crippen molar-refractivity contribution in [1.29, 1.82) is 0 Å². The zero-order chi connectivity index (χ0) is 8.48. The van der Waals surface area contributed by atoms with E-state index in [2.05, 4.69) is 0 Å². The minimum absolute atomic E-state index is 0. The summed E-state index contributed by atoms with van der Waals surface area (Å²) in [5.41, 5.74) is 1.01. The Hall–Kier alpha value is -0.990. The average molecular weight is 225 g/mol. The van der Waals surface area contributed by atoms with Gasteiger partial charge in [0.1, 0.15) is 0 Å². The van der Waals surface area contributed by atoms with Crippen LogP contribution in [0.15, 0.2) is 29.2 Å². The van der Waals surface area contributed by atoms with Crippen molar-refractivity contribution in [2.75, 3.05) is 0 Å². The molecule has 7 heteroatoms. The van der Waals surface area contributed by atoms with E-state index in [1.54, 1.807) is 12.1 Å². The van der Waals surface area contributed by atoms with Gasteiger partial charge in [-0.3, -0.25) is 0 Å². The zero-order valence-electron chi connectivity index (χ0n) is 7.61. The lowest BCUT2D eigenvalue weighted by molar-refractivity contribution is 0.598. The molecule has 1 rings (SSSR count). The zero-order valence-corrected chi connectivity index (χ0v) is 8.43. The van der Waals surface area contributed by atoms with Gasteiger partial charge >= 0.3 is 0 Å². The van der Waals surface area contributed by atoms with Gasteiger partial charge < -0.3 is 16.4 Å². The van der Waals surface area contributed by atoms with Gasteiger partial charge in [-0.15, -0.1) is 0 Å². The van der Waals surface area contributed by atoms with Crippen molar-refractivity contribution in [2.24, 2.45) is 5.14 Å². The highest BCUT2D eigenvalue weighted by Gasteiger charge is 2.04. The first kappa shape index (κ1) is 18.7. The molecule has 0 fully saturated rings. The second-order valence-electron chi connectivity index (χ2n) is 2.36. The SMILES string of the molecule is Cc1ccc(S(N)(=O)=O)cc1.O.O.O. The van der Waals surface area contributed by atoms with Crippen LogP contribution in [0.5, 0.6) is 0 Å². The molecule has 0 radical (unpaired) electrons. The molecule has 0 aliphatic heterocycles. The summed E-state index contributed by atoms with van der Waals surface area (Å²) in [6.07, 6.45) is 0. The van der Waals surface area contributed by atoms with E-state index in [9.17, 15) is 8.42 Å². The third-order valence-electron chi connectivity index (χ3n) is 1.35. The fraction of sp³-hybridized carbons (Fsp3) is 0.143. The van der Waals surface area contributed by atoms with Crippen molar-refractivity contribution >= 4 is 10.0 Å². The Morgan fingerprint density at radius 2 is 1.36 bits per heavy atom. The molecule has 0 saturated carbocycles. The molecule has 0 unspecified atom stereocenters. The lowest BCUT2D eigenvalue weighted by Gasteiger charge is -1.96. The van der Waals surface area contributed by atoms with E-state index in [1.807, 2.05) is 6.92 Å². The van der Waals surface area contributed by atoms with Gasteiger partial charge in [0.05, 0.1) is 4.90 Å². The number of nitrogens with two attached hydrogens (primary N) is 1. The summed E-state index contributed by atoms with van der Waals surface area (Å²) in [4.78, 5) is 0.156. The van der Waals surface area contributed by atoms with Gasteiger partial charge in [0.25, 0.3) is 0 Å². The first-order valence-corrected chi connectivity index (χ1v) is 4.64. The molecule has 0 spiro atoms. The fourth-order valence-corrected chi connectivity index (χ4v) is 1.24. The third-order valence-corrected chi connectivity index (χ3v) is 2.28. The molecular weight excluding hydrogens is 210 g/mol. The van der Waals surface area contributed by atoms with E-state index in [-0.39, 0.29) is 21.3 Å². The highest BCUT2D eigenvalue weighted by Crippen LogP contribution is 2.06. The summed E-state index contributed by atoms with van der Waals surface area (Å²) in [6.45, 7) is 1.88. The van der Waals surface area contributed by atoms with E-state index in [0.29, 0.717) is 0 Å². The summed E-state index contributed by atoms with van der Waals surface area (Å²) in [7, 11) is -3.52. The van der Waals surface area contributed by atoms with E-state index in [1.165, 1.54) is 12.1 Å². The quantitative estimate of drug-likeness (QED) is 0.596. The predicted molar refractivity (Wildman–Crippen MR) is 53.4 cm³/mol. The van der Waals surface area contributed by atoms with Crippen LogP contribution in [-0.4, -0.2) is 24.8 Å². The van der Waals surface area contributed by atoms with E-state index < -0.39 is 10.0 Å². The molecule has 0 aromatic heterocycles. The maximum atomic E-state index is 10.7. The van der Waals surface area contributed by atoms with Crippen LogP contribution >= 0.6 is 0 Å². The second kappa shape index (κ2) is 6.46. The summed E-state index contributed by atoms with van der Waals surface area (Å²) in [5.74, 6) is 0. The first-order chi connectivity index (χ1) is 5.00. The standard InChI is InChI=1S/C7H9NO2S.3H2O/c1-6-2-4-7(5-3-6)11(8,9)10;;;/h2-5H,1H3,(H2,8,9,10);3*1H2. The van der Waals surface area contributed by atoms with Crippen molar-refractivity contribution in [3.8, 4) is 0 Å². The molecule has 84 valence electrons. The van der Waals surface area contributed by atoms with E-state index in [0.717, 1.165) is 5.56 Å². The first-order valence-electron chi connectivity index (χ1n) is 3.09. The monoisotopic (exact) mass is 225 g/mol. The van der Waals surface area contributed by atoms with Gasteiger partial charge in [-0.2, -0.15) is 0 Å². The van der Waals surface area contributed by atoms with Crippen LogP contribution in [0.25, 0.3) is 0 Å². The molecule has 0 aliphatic rings. The molecule has 0 amide bonds. The smallest absolute Gasteiger partial charge is 0.238 e. The Kier molecular flexibility index (Phi) is 8.64. The van der Waals surface area contributed by atoms with Crippen LogP contribution < -0.4 is 5.14 Å². The molecule has 0 saturated heterocycles. The lowest BCUT2D eigenvalue weighted by Crippen LogP contribution is -2.11.